The molecule has 0 aromatic heterocycles. The maximum atomic E-state index is 5.92. The van der Waals surface area contributed by atoms with Crippen molar-refractivity contribution in [2.24, 2.45) is 5.92 Å². The summed E-state index contributed by atoms with van der Waals surface area (Å²) in [4.78, 5) is 2.66. The molecule has 3 unspecified atom stereocenters. The second-order valence-corrected chi connectivity index (χ2v) is 5.38. The number of nitrogens with zero attached hydrogens (tertiary/aromatic N) is 1. The molecular weight excluding hydrogens is 188 g/mol. The van der Waals surface area contributed by atoms with E-state index in [1.165, 1.54) is 32.4 Å². The summed E-state index contributed by atoms with van der Waals surface area (Å²) in [6.45, 7) is 6.84. The van der Waals surface area contributed by atoms with E-state index in [2.05, 4.69) is 17.1 Å². The molecule has 3 aliphatic rings. The zero-order chi connectivity index (χ0) is 10.3. The van der Waals surface area contributed by atoms with E-state index in [1.807, 2.05) is 0 Å². The molecule has 0 bridgehead atoms. The van der Waals surface area contributed by atoms with E-state index in [0.717, 1.165) is 25.1 Å². The van der Waals surface area contributed by atoms with E-state index >= 15 is 0 Å². The van der Waals surface area contributed by atoms with Crippen molar-refractivity contribution in [2.75, 3.05) is 26.2 Å². The van der Waals surface area contributed by atoms with Crippen LogP contribution in [0.4, 0.5) is 0 Å². The lowest BCUT2D eigenvalue weighted by molar-refractivity contribution is 0.0366. The van der Waals surface area contributed by atoms with E-state index in [9.17, 15) is 0 Å². The Kier molecular flexibility index (Phi) is 2.71. The van der Waals surface area contributed by atoms with E-state index in [-0.39, 0.29) is 0 Å². The van der Waals surface area contributed by atoms with Gasteiger partial charge in [0.2, 0.25) is 0 Å². The first kappa shape index (κ1) is 10.1. The van der Waals surface area contributed by atoms with Crippen LogP contribution in [-0.4, -0.2) is 49.3 Å². The highest BCUT2D eigenvalue weighted by atomic mass is 16.5. The van der Waals surface area contributed by atoms with E-state index < -0.39 is 0 Å². The summed E-state index contributed by atoms with van der Waals surface area (Å²) >= 11 is 0. The average Bonchev–Trinajstić information content (AvgIpc) is 2.96. The zero-order valence-corrected chi connectivity index (χ0v) is 9.61. The van der Waals surface area contributed by atoms with Gasteiger partial charge in [-0.1, -0.05) is 0 Å². The van der Waals surface area contributed by atoms with Gasteiger partial charge in [0.05, 0.1) is 6.10 Å². The van der Waals surface area contributed by atoms with Crippen molar-refractivity contribution in [3.8, 4) is 0 Å². The highest BCUT2D eigenvalue weighted by Gasteiger charge is 2.43. The maximum Gasteiger partial charge on any atom is 0.0759 e. The Morgan fingerprint density at radius 1 is 1.27 bits per heavy atom. The van der Waals surface area contributed by atoms with Crippen molar-refractivity contribution in [2.45, 2.75) is 44.4 Å². The Hall–Kier alpha value is -0.120. The first-order chi connectivity index (χ1) is 7.34. The number of nitrogens with one attached hydrogen (secondary N) is 1. The van der Waals surface area contributed by atoms with E-state index in [1.54, 1.807) is 0 Å². The number of ether oxygens (including phenoxy) is 1. The molecule has 0 aromatic rings. The summed E-state index contributed by atoms with van der Waals surface area (Å²) in [5.41, 5.74) is 0. The molecule has 1 N–H and O–H groups in total. The molecule has 0 radical (unpaired) electrons. The van der Waals surface area contributed by atoms with Crippen LogP contribution in [-0.2, 0) is 4.74 Å². The lowest BCUT2D eigenvalue weighted by Gasteiger charge is -2.38. The largest absolute Gasteiger partial charge is 0.376 e. The molecule has 0 aromatic carbocycles. The normalized spacial score (nSPS) is 43.4. The highest BCUT2D eigenvalue weighted by Crippen LogP contribution is 2.40. The van der Waals surface area contributed by atoms with Gasteiger partial charge >= 0.3 is 0 Å². The van der Waals surface area contributed by atoms with Crippen LogP contribution >= 0.6 is 0 Å². The van der Waals surface area contributed by atoms with Gasteiger partial charge in [-0.2, -0.15) is 0 Å². The fourth-order valence-electron chi connectivity index (χ4n) is 3.13. The molecule has 0 amide bonds. The number of rotatable bonds is 2. The van der Waals surface area contributed by atoms with Gasteiger partial charge < -0.3 is 10.1 Å². The van der Waals surface area contributed by atoms with Gasteiger partial charge in [-0.05, 0) is 32.1 Å². The molecule has 3 fully saturated rings. The van der Waals surface area contributed by atoms with Crippen molar-refractivity contribution in [3.05, 3.63) is 0 Å². The SMILES string of the molecule is CC1CN(C2CCOC2C2CC2)CCN1. The van der Waals surface area contributed by atoms with Gasteiger partial charge in [-0.25, -0.2) is 0 Å². The van der Waals surface area contributed by atoms with Gasteiger partial charge in [0, 0.05) is 38.3 Å². The standard InChI is InChI=1S/C12H22N2O/c1-9-8-14(6-5-13-9)11-4-7-15-12(11)10-2-3-10/h9-13H,2-8H2,1H3. The van der Waals surface area contributed by atoms with Crippen LogP contribution in [0.2, 0.25) is 0 Å². The average molecular weight is 210 g/mol. The van der Waals surface area contributed by atoms with Gasteiger partial charge in [0.15, 0.2) is 0 Å². The van der Waals surface area contributed by atoms with Crippen LogP contribution in [0.1, 0.15) is 26.2 Å². The van der Waals surface area contributed by atoms with Gasteiger partial charge in [-0.3, -0.25) is 4.90 Å². The summed E-state index contributed by atoms with van der Waals surface area (Å²) in [7, 11) is 0. The third kappa shape index (κ3) is 2.05. The molecule has 3 atom stereocenters. The third-order valence-corrected chi connectivity index (χ3v) is 4.06. The molecule has 1 saturated carbocycles. The van der Waals surface area contributed by atoms with E-state index in [0.29, 0.717) is 12.1 Å². The van der Waals surface area contributed by atoms with Crippen LogP contribution in [0.5, 0.6) is 0 Å². The molecule has 2 saturated heterocycles. The molecule has 3 rings (SSSR count). The Morgan fingerprint density at radius 2 is 2.13 bits per heavy atom. The second-order valence-electron chi connectivity index (χ2n) is 5.38. The maximum absolute atomic E-state index is 5.92. The first-order valence-corrected chi connectivity index (χ1v) is 6.43. The fourth-order valence-corrected chi connectivity index (χ4v) is 3.13. The zero-order valence-electron chi connectivity index (χ0n) is 9.61. The van der Waals surface area contributed by atoms with Crippen molar-refractivity contribution in [3.63, 3.8) is 0 Å². The molecule has 0 spiro atoms. The minimum atomic E-state index is 0.565. The summed E-state index contributed by atoms with van der Waals surface area (Å²) in [6, 6.07) is 1.38. The molecule has 2 heterocycles. The first-order valence-electron chi connectivity index (χ1n) is 6.43. The second kappa shape index (κ2) is 4.04. The number of hydrogen-bond donors (Lipinski definition) is 1. The van der Waals surface area contributed by atoms with Crippen LogP contribution in [0.15, 0.2) is 0 Å². The Balaban J connectivity index is 1.64. The van der Waals surface area contributed by atoms with Crippen molar-refractivity contribution >= 4 is 0 Å². The van der Waals surface area contributed by atoms with Crippen molar-refractivity contribution < 1.29 is 4.74 Å². The molecule has 1 aliphatic carbocycles. The number of piperazine rings is 1. The predicted molar refractivity (Wildman–Crippen MR) is 59.9 cm³/mol. The minimum Gasteiger partial charge on any atom is -0.376 e. The van der Waals surface area contributed by atoms with Crippen molar-refractivity contribution in [1.82, 2.24) is 10.2 Å². The molecule has 3 heteroatoms. The topological polar surface area (TPSA) is 24.5 Å². The molecular formula is C12H22N2O. The van der Waals surface area contributed by atoms with Crippen molar-refractivity contribution in [1.29, 1.82) is 0 Å². The van der Waals surface area contributed by atoms with Crippen LogP contribution in [0.3, 0.4) is 0 Å². The summed E-state index contributed by atoms with van der Waals surface area (Å²) in [5.74, 6) is 0.891. The van der Waals surface area contributed by atoms with Crippen LogP contribution in [0, 0.1) is 5.92 Å². The van der Waals surface area contributed by atoms with Gasteiger partial charge in [0.25, 0.3) is 0 Å². The lowest BCUT2D eigenvalue weighted by atomic mass is 10.0. The van der Waals surface area contributed by atoms with Crippen LogP contribution < -0.4 is 5.32 Å². The van der Waals surface area contributed by atoms with Gasteiger partial charge in [-0.15, -0.1) is 0 Å². The predicted octanol–water partition coefficient (Wildman–Crippen LogP) is 0.848. The Labute approximate surface area is 92.2 Å². The highest BCUT2D eigenvalue weighted by molar-refractivity contribution is 4.96. The smallest absolute Gasteiger partial charge is 0.0759 e. The fraction of sp³-hybridized carbons (Fsp3) is 1.00. The molecule has 15 heavy (non-hydrogen) atoms. The molecule has 2 aliphatic heterocycles. The molecule has 3 nitrogen and oxygen atoms in total. The summed E-state index contributed by atoms with van der Waals surface area (Å²) in [5, 5.41) is 3.51. The van der Waals surface area contributed by atoms with Gasteiger partial charge in [0.1, 0.15) is 0 Å². The monoisotopic (exact) mass is 210 g/mol. The third-order valence-electron chi connectivity index (χ3n) is 4.06. The summed E-state index contributed by atoms with van der Waals surface area (Å²) in [6.07, 6.45) is 4.63. The summed E-state index contributed by atoms with van der Waals surface area (Å²) < 4.78 is 5.92. The molecule has 86 valence electrons. The van der Waals surface area contributed by atoms with E-state index in [4.69, 9.17) is 4.74 Å². The minimum absolute atomic E-state index is 0.565. The Morgan fingerprint density at radius 3 is 2.87 bits per heavy atom. The quantitative estimate of drug-likeness (QED) is 0.731. The number of hydrogen-bond acceptors (Lipinski definition) is 3. The lowest BCUT2D eigenvalue weighted by Crippen LogP contribution is -2.55. The Bertz CT molecular complexity index is 230. The van der Waals surface area contributed by atoms with Crippen LogP contribution in [0.25, 0.3) is 0 Å².